The Bertz CT molecular complexity index is 1010. The van der Waals surface area contributed by atoms with Crippen molar-refractivity contribution in [3.05, 3.63) is 53.1 Å². The van der Waals surface area contributed by atoms with Crippen LogP contribution >= 0.6 is 11.6 Å². The van der Waals surface area contributed by atoms with E-state index < -0.39 is 27.7 Å². The van der Waals surface area contributed by atoms with Crippen LogP contribution in [0.25, 0.3) is 0 Å². The molecule has 0 bridgehead atoms. The number of halogens is 4. The Labute approximate surface area is 164 Å². The number of nitrogens with one attached hydrogen (secondary N) is 2. The van der Waals surface area contributed by atoms with Gasteiger partial charge in [0.05, 0.1) is 15.6 Å². The molecule has 1 atom stereocenters. The van der Waals surface area contributed by atoms with Crippen LogP contribution < -0.4 is 10.0 Å². The number of alkyl halides is 3. The van der Waals surface area contributed by atoms with Crippen LogP contribution in [0, 0.1) is 6.92 Å². The molecule has 6 nitrogen and oxygen atoms in total. The van der Waals surface area contributed by atoms with Gasteiger partial charge in [0.15, 0.2) is 0 Å². The number of hydrogen-bond acceptors (Lipinski definition) is 4. The molecule has 1 amide bonds. The molecule has 0 aliphatic rings. The van der Waals surface area contributed by atoms with Crippen molar-refractivity contribution in [3.8, 4) is 0 Å². The monoisotopic (exact) mass is 436 g/mol. The van der Waals surface area contributed by atoms with Gasteiger partial charge in [0.25, 0.3) is 15.9 Å². The number of anilines is 2. The van der Waals surface area contributed by atoms with Crippen molar-refractivity contribution in [2.75, 3.05) is 10.0 Å². The van der Waals surface area contributed by atoms with Crippen molar-refractivity contribution in [3.63, 3.8) is 0 Å². The maximum atomic E-state index is 12.7. The van der Waals surface area contributed by atoms with Gasteiger partial charge < -0.3 is 10.4 Å². The summed E-state index contributed by atoms with van der Waals surface area (Å²) in [5.74, 6) is -1.75. The maximum absolute atomic E-state index is 12.7. The highest BCUT2D eigenvalue weighted by Gasteiger charge is 2.55. The highest BCUT2D eigenvalue weighted by molar-refractivity contribution is 7.92. The second kappa shape index (κ2) is 7.61. The lowest BCUT2D eigenvalue weighted by atomic mass is 10.1. The molecule has 0 aliphatic carbocycles. The Morgan fingerprint density at radius 2 is 1.79 bits per heavy atom. The zero-order chi connectivity index (χ0) is 21.3. The maximum Gasteiger partial charge on any atom is 0.426 e. The third-order valence-electron chi connectivity index (χ3n) is 3.76. The molecule has 1 unspecified atom stereocenters. The first-order chi connectivity index (χ1) is 12.7. The van der Waals surface area contributed by atoms with Crippen LogP contribution in [-0.4, -0.2) is 31.2 Å². The number of rotatable bonds is 5. The van der Waals surface area contributed by atoms with Gasteiger partial charge in [0.2, 0.25) is 5.60 Å². The normalized spacial score (nSPS) is 14.2. The molecule has 28 heavy (non-hydrogen) atoms. The summed E-state index contributed by atoms with van der Waals surface area (Å²) in [4.78, 5) is 11.5. The Balaban J connectivity index is 2.25. The van der Waals surface area contributed by atoms with Crippen molar-refractivity contribution < 1.29 is 31.5 Å². The van der Waals surface area contributed by atoms with Crippen LogP contribution in [0.5, 0.6) is 0 Å². The summed E-state index contributed by atoms with van der Waals surface area (Å²) in [6.45, 7) is 2.07. The molecule has 0 radical (unpaired) electrons. The van der Waals surface area contributed by atoms with Gasteiger partial charge in [0, 0.05) is 5.69 Å². The van der Waals surface area contributed by atoms with Gasteiger partial charge >= 0.3 is 6.18 Å². The average molecular weight is 437 g/mol. The van der Waals surface area contributed by atoms with Gasteiger partial charge in [-0.25, -0.2) is 8.42 Å². The van der Waals surface area contributed by atoms with E-state index in [0.717, 1.165) is 23.8 Å². The first-order valence-electron chi connectivity index (χ1n) is 7.73. The molecule has 0 saturated carbocycles. The predicted molar refractivity (Wildman–Crippen MR) is 98.7 cm³/mol. The summed E-state index contributed by atoms with van der Waals surface area (Å²) in [6.07, 6.45) is -5.20. The van der Waals surface area contributed by atoms with Crippen molar-refractivity contribution in [2.24, 2.45) is 0 Å². The van der Waals surface area contributed by atoms with Crippen molar-refractivity contribution >= 4 is 38.9 Å². The fourth-order valence-corrected chi connectivity index (χ4v) is 3.43. The number of benzene rings is 2. The minimum Gasteiger partial charge on any atom is -0.373 e. The summed E-state index contributed by atoms with van der Waals surface area (Å²) in [7, 11) is -4.03. The first-order valence-corrected chi connectivity index (χ1v) is 9.60. The summed E-state index contributed by atoms with van der Waals surface area (Å²) < 4.78 is 65.4. The quantitative estimate of drug-likeness (QED) is 0.666. The highest BCUT2D eigenvalue weighted by atomic mass is 35.5. The minimum absolute atomic E-state index is 0.264. The van der Waals surface area contributed by atoms with Gasteiger partial charge in [-0.2, -0.15) is 13.2 Å². The number of carbonyl (C=O) groups excluding carboxylic acids is 1. The molecule has 2 aromatic carbocycles. The Morgan fingerprint density at radius 3 is 2.32 bits per heavy atom. The van der Waals surface area contributed by atoms with Crippen LogP contribution in [0.4, 0.5) is 24.5 Å². The van der Waals surface area contributed by atoms with E-state index in [2.05, 4.69) is 4.72 Å². The van der Waals surface area contributed by atoms with E-state index in [4.69, 9.17) is 11.6 Å². The zero-order valence-electron chi connectivity index (χ0n) is 14.6. The van der Waals surface area contributed by atoms with E-state index >= 15 is 0 Å². The Hall–Kier alpha value is -2.30. The summed E-state index contributed by atoms with van der Waals surface area (Å²) in [6, 6.07) is 9.64. The fourth-order valence-electron chi connectivity index (χ4n) is 2.06. The van der Waals surface area contributed by atoms with Crippen LogP contribution in [0.15, 0.2) is 47.4 Å². The Kier molecular flexibility index (Phi) is 5.98. The van der Waals surface area contributed by atoms with E-state index in [1.807, 2.05) is 5.32 Å². The minimum atomic E-state index is -5.20. The van der Waals surface area contributed by atoms with Crippen molar-refractivity contribution in [1.82, 2.24) is 0 Å². The lowest BCUT2D eigenvalue weighted by molar-refractivity contribution is -0.242. The molecule has 0 heterocycles. The second-order valence-corrected chi connectivity index (χ2v) is 8.23. The molecule has 2 rings (SSSR count). The van der Waals surface area contributed by atoms with Crippen LogP contribution in [0.3, 0.4) is 0 Å². The van der Waals surface area contributed by atoms with Gasteiger partial charge in [0.1, 0.15) is 0 Å². The predicted octanol–water partition coefficient (Wildman–Crippen LogP) is 3.70. The SMILES string of the molecule is Cc1cccc(NS(=O)(=O)c2ccc(NC(=O)C(C)(O)C(F)(F)F)c(Cl)c2)c1. The zero-order valence-corrected chi connectivity index (χ0v) is 16.2. The number of carbonyl (C=O) groups is 1. The summed E-state index contributed by atoms with van der Waals surface area (Å²) in [5.41, 5.74) is -2.79. The molecule has 11 heteroatoms. The standard InChI is InChI=1S/C17H16ClF3N2O4S/c1-10-4-3-5-11(8-10)23-28(26,27)12-6-7-14(13(18)9-12)22-15(24)16(2,25)17(19,20)21/h3-9,23,25H,1-2H3,(H,22,24). The first kappa shape index (κ1) is 22.0. The molecule has 3 N–H and O–H groups in total. The number of aryl methyl sites for hydroxylation is 1. The topological polar surface area (TPSA) is 95.5 Å². The van der Waals surface area contributed by atoms with Gasteiger partial charge in [-0.05, 0) is 49.7 Å². The van der Waals surface area contributed by atoms with E-state index in [1.165, 1.54) is 0 Å². The number of amides is 1. The number of hydrogen-bond donors (Lipinski definition) is 3. The van der Waals surface area contributed by atoms with E-state index in [9.17, 15) is 31.5 Å². The van der Waals surface area contributed by atoms with Gasteiger partial charge in [-0.3, -0.25) is 9.52 Å². The summed E-state index contributed by atoms with van der Waals surface area (Å²) >= 11 is 5.90. The van der Waals surface area contributed by atoms with E-state index in [1.54, 1.807) is 31.2 Å². The number of sulfonamides is 1. The molecule has 0 saturated heterocycles. The van der Waals surface area contributed by atoms with Crippen LogP contribution in [-0.2, 0) is 14.8 Å². The van der Waals surface area contributed by atoms with E-state index in [-0.39, 0.29) is 15.6 Å². The summed E-state index contributed by atoms with van der Waals surface area (Å²) in [5, 5.41) is 10.9. The molecule has 0 spiro atoms. The molecule has 0 aromatic heterocycles. The molecule has 152 valence electrons. The molecule has 0 fully saturated rings. The lowest BCUT2D eigenvalue weighted by Gasteiger charge is -2.25. The molecule has 0 aliphatic heterocycles. The fraction of sp³-hybridized carbons (Fsp3) is 0.235. The highest BCUT2D eigenvalue weighted by Crippen LogP contribution is 2.33. The van der Waals surface area contributed by atoms with Crippen molar-refractivity contribution in [2.45, 2.75) is 30.5 Å². The third-order valence-corrected chi connectivity index (χ3v) is 5.46. The third kappa shape index (κ3) is 4.75. The largest absolute Gasteiger partial charge is 0.426 e. The Morgan fingerprint density at radius 1 is 1.14 bits per heavy atom. The lowest BCUT2D eigenvalue weighted by Crippen LogP contribution is -2.52. The van der Waals surface area contributed by atoms with Crippen LogP contribution in [0.1, 0.15) is 12.5 Å². The van der Waals surface area contributed by atoms with Gasteiger partial charge in [-0.15, -0.1) is 0 Å². The molecule has 2 aromatic rings. The molecular formula is C17H16ClF3N2O4S. The van der Waals surface area contributed by atoms with Crippen LogP contribution in [0.2, 0.25) is 5.02 Å². The average Bonchev–Trinajstić information content (AvgIpc) is 2.55. The second-order valence-electron chi connectivity index (χ2n) is 6.14. The van der Waals surface area contributed by atoms with E-state index in [0.29, 0.717) is 12.6 Å². The van der Waals surface area contributed by atoms with Gasteiger partial charge in [-0.1, -0.05) is 23.7 Å². The van der Waals surface area contributed by atoms with Crippen molar-refractivity contribution in [1.29, 1.82) is 0 Å². The number of aliphatic hydroxyl groups is 1. The molecular weight excluding hydrogens is 421 g/mol. The smallest absolute Gasteiger partial charge is 0.373 e.